The zero-order valence-electron chi connectivity index (χ0n) is 76.4. The summed E-state index contributed by atoms with van der Waals surface area (Å²) in [5, 5.41) is 83.3. The van der Waals surface area contributed by atoms with Crippen LogP contribution in [0, 0.1) is 0 Å². The molecule has 4 amide bonds. The number of piperidine rings is 4. The highest BCUT2D eigenvalue weighted by atomic mass is 16.3. The van der Waals surface area contributed by atoms with Gasteiger partial charge in [0.05, 0.1) is 24.8 Å². The number of carbonyl (C=O) groups is 4. The Kier molecular flexibility index (Phi) is 35.0. The van der Waals surface area contributed by atoms with E-state index in [4.69, 9.17) is 19.9 Å². The van der Waals surface area contributed by atoms with Crippen molar-refractivity contribution in [3.63, 3.8) is 0 Å². The summed E-state index contributed by atoms with van der Waals surface area (Å²) in [4.78, 5) is 75.9. The van der Waals surface area contributed by atoms with Crippen molar-refractivity contribution in [2.45, 2.75) is 300 Å². The molecule has 129 heavy (non-hydrogen) atoms. The molecule has 1 aromatic carbocycles. The molecule has 3 aliphatic carbocycles. The van der Waals surface area contributed by atoms with Gasteiger partial charge < -0.3 is 82.6 Å². The van der Waals surface area contributed by atoms with E-state index in [0.717, 1.165) is 309 Å². The molecule has 3 saturated carbocycles. The number of aliphatic hydroxyl groups is 4. The van der Waals surface area contributed by atoms with Gasteiger partial charge in [-0.2, -0.15) is 38.5 Å². The maximum absolute atomic E-state index is 11.6. The van der Waals surface area contributed by atoms with Gasteiger partial charge in [-0.1, -0.05) is 66.1 Å². The van der Waals surface area contributed by atoms with Gasteiger partial charge in [-0.15, -0.1) is 0 Å². The average Bonchev–Trinajstić information content (AvgIpc) is 1.73. The first-order chi connectivity index (χ1) is 63.0. The van der Waals surface area contributed by atoms with Gasteiger partial charge in [0.15, 0.2) is 22.6 Å². The molecule has 32 nitrogen and oxygen atoms in total. The number of hydrogen-bond acceptors (Lipinski definition) is 24. The normalized spacial score (nSPS) is 21.8. The Bertz CT molecular complexity index is 4820. The fourth-order valence-corrected chi connectivity index (χ4v) is 19.7. The van der Waals surface area contributed by atoms with Crippen molar-refractivity contribution in [3.8, 4) is 0 Å². The van der Waals surface area contributed by atoms with E-state index in [1.165, 1.54) is 50.0 Å². The lowest BCUT2D eigenvalue weighted by Crippen LogP contribution is -2.41. The minimum Gasteiger partial charge on any atom is -0.396 e. The van der Waals surface area contributed by atoms with Crippen molar-refractivity contribution in [1.29, 1.82) is 0 Å². The van der Waals surface area contributed by atoms with Crippen LogP contribution in [0.25, 0.3) is 22.6 Å². The molecule has 0 bridgehead atoms. The van der Waals surface area contributed by atoms with E-state index in [1.807, 2.05) is 67.1 Å². The molecule has 0 unspecified atom stereocenters. The first kappa shape index (κ1) is 95.4. The highest BCUT2D eigenvalue weighted by Gasteiger charge is 2.33. The number of hydrogen-bond donors (Lipinski definition) is 12. The van der Waals surface area contributed by atoms with Crippen molar-refractivity contribution in [3.05, 3.63) is 152 Å². The van der Waals surface area contributed by atoms with Crippen LogP contribution >= 0.6 is 0 Å². The number of amides is 4. The predicted octanol–water partition coefficient (Wildman–Crippen LogP) is 12.9. The lowest BCUT2D eigenvalue weighted by molar-refractivity contribution is -0.118. The lowest BCUT2D eigenvalue weighted by atomic mass is 9.91. The summed E-state index contributed by atoms with van der Waals surface area (Å²) in [6.45, 7) is 27.8. The molecule has 0 radical (unpaired) electrons. The Hall–Kier alpha value is -11.2. The molecule has 4 atom stereocenters. The molecule has 7 aliphatic rings. The van der Waals surface area contributed by atoms with Gasteiger partial charge in [-0.3, -0.25) is 19.2 Å². The lowest BCUT2D eigenvalue weighted by Gasteiger charge is -2.37. The summed E-state index contributed by atoms with van der Waals surface area (Å²) >= 11 is 0. The third-order valence-electron chi connectivity index (χ3n) is 26.9. The number of anilines is 9. The van der Waals surface area contributed by atoms with Crippen molar-refractivity contribution in [2.24, 2.45) is 0 Å². The maximum Gasteiger partial charge on any atom is 0.247 e. The maximum atomic E-state index is 11.6. The van der Waals surface area contributed by atoms with E-state index in [1.54, 1.807) is 0 Å². The molecular formula is C97H140N24O8. The number of aryl methyl sites for hydroxylation is 4. The second kappa shape index (κ2) is 47.4. The van der Waals surface area contributed by atoms with Crippen LogP contribution in [0.4, 0.5) is 52.2 Å². The second-order valence-electron chi connectivity index (χ2n) is 35.4. The largest absolute Gasteiger partial charge is 0.396 e. The molecular weight excluding hydrogens is 1630 g/mol. The van der Waals surface area contributed by atoms with Crippen LogP contribution in [0.1, 0.15) is 235 Å². The highest BCUT2D eigenvalue weighted by molar-refractivity contribution is 5.99. The summed E-state index contributed by atoms with van der Waals surface area (Å²) in [6, 6.07) is 19.1. The number of aromatic nitrogens is 12. The summed E-state index contributed by atoms with van der Waals surface area (Å²) in [5.41, 5.74) is 9.87. The van der Waals surface area contributed by atoms with Crippen LogP contribution in [0.5, 0.6) is 0 Å². The van der Waals surface area contributed by atoms with E-state index in [9.17, 15) is 39.6 Å². The first-order valence-electron chi connectivity index (χ1n) is 47.9. The Morgan fingerprint density at radius 3 is 0.922 bits per heavy atom. The Labute approximate surface area is 759 Å². The third kappa shape index (κ3) is 24.7. The van der Waals surface area contributed by atoms with Crippen molar-refractivity contribution in [2.75, 3.05) is 98.8 Å². The standard InChI is InChI=1S/C25H32N6O2.3C24H36N6O2/c1-3-19-17-27-31-22(26-16-18-8-7-9-20(14-18)28-24(33)4-2)15-23(29-25(19)31)30-12-6-5-10-21(30)11-13-32;3*1-3-17-16-25-30-22(26-18-8-10-19(11-9-18)27-23(32)4-2)15-21(28-24(17)30)29-13-6-5-7-20(29)12-14-31/h4,7-9,14-15,17,21,26,32H,2-3,5-6,10-13,16H2,1H3,(H,28,33);3*4,15-16,18-20,26,31H,2-3,5-14H2,1H3,(H,27,32)/t21-;3*18?,19?,20-/m0000/s1. The molecule has 9 aromatic rings. The number of nitrogens with zero attached hydrogens (tertiary/aromatic N) is 16. The average molecular weight is 1770 g/mol. The second-order valence-corrected chi connectivity index (χ2v) is 35.4. The monoisotopic (exact) mass is 1770 g/mol. The fraction of sp³-hybridized carbons (Fsp3) is 0.567. The summed E-state index contributed by atoms with van der Waals surface area (Å²) in [5.74, 6) is 7.10. The summed E-state index contributed by atoms with van der Waals surface area (Å²) < 4.78 is 7.65. The number of carbonyl (C=O) groups excluding carboxylic acids is 4. The van der Waals surface area contributed by atoms with Crippen molar-refractivity contribution in [1.82, 2.24) is 74.3 Å². The molecule has 4 aliphatic heterocycles. The van der Waals surface area contributed by atoms with E-state index >= 15 is 0 Å². The number of rotatable bonds is 33. The van der Waals surface area contributed by atoms with Gasteiger partial charge >= 0.3 is 0 Å². The number of nitrogens with one attached hydrogen (secondary N) is 8. The van der Waals surface area contributed by atoms with Crippen molar-refractivity contribution >= 4 is 98.4 Å². The quantitative estimate of drug-likeness (QED) is 0.0170. The molecule has 696 valence electrons. The van der Waals surface area contributed by atoms with Crippen LogP contribution in [-0.2, 0) is 51.4 Å². The van der Waals surface area contributed by atoms with E-state index < -0.39 is 0 Å². The minimum atomic E-state index is -0.233. The van der Waals surface area contributed by atoms with Gasteiger partial charge in [-0.05, 0) is 247 Å². The van der Waals surface area contributed by atoms with Crippen LogP contribution in [-0.4, -0.2) is 215 Å². The van der Waals surface area contributed by atoms with Gasteiger partial charge in [-0.25, -0.2) is 19.9 Å². The highest BCUT2D eigenvalue weighted by Crippen LogP contribution is 2.37. The number of fused-ring (bicyclic) bond motifs is 4. The van der Waals surface area contributed by atoms with Gasteiger partial charge in [0.25, 0.3) is 0 Å². The number of aliphatic hydroxyl groups excluding tert-OH is 4. The number of benzene rings is 1. The SMILES string of the molecule is C=CC(=O)NC1CCC(Nc2cc(N3CCCC[C@H]3CCO)nc3c(CC)cnn23)CC1.C=CC(=O)NC1CCC(Nc2cc(N3CCCC[C@H]3CCO)nc3c(CC)cnn23)CC1.C=CC(=O)NC1CCC(Nc2cc(N3CCCC[C@H]3CCO)nc3c(CC)cnn23)CC1.C=CC(=O)Nc1cccc(CNc2cc(N3CCCC[C@H]3CCO)nc3c(CC)cnn23)c1. The van der Waals surface area contributed by atoms with Crippen LogP contribution in [0.3, 0.4) is 0 Å². The fourth-order valence-electron chi connectivity index (χ4n) is 19.7. The Morgan fingerprint density at radius 1 is 0.364 bits per heavy atom. The zero-order valence-corrected chi connectivity index (χ0v) is 76.4. The van der Waals surface area contributed by atoms with Gasteiger partial charge in [0.2, 0.25) is 23.6 Å². The molecule has 8 aromatic heterocycles. The van der Waals surface area contributed by atoms with Gasteiger partial charge in [0.1, 0.15) is 46.5 Å². The van der Waals surface area contributed by atoms with Crippen LogP contribution < -0.4 is 62.1 Å². The van der Waals surface area contributed by atoms with E-state index in [2.05, 4.69) is 161 Å². The minimum absolute atomic E-state index is 0.0931. The molecule has 0 spiro atoms. The van der Waals surface area contributed by atoms with Crippen LogP contribution in [0.15, 0.2) is 124 Å². The zero-order chi connectivity index (χ0) is 90.7. The van der Waals surface area contributed by atoms with Crippen molar-refractivity contribution < 1.29 is 39.6 Å². The predicted molar refractivity (Wildman–Crippen MR) is 513 cm³/mol. The molecule has 32 heteroatoms. The summed E-state index contributed by atoms with van der Waals surface area (Å²) in [6.07, 6.45) is 44.8. The molecule has 7 fully saturated rings. The smallest absolute Gasteiger partial charge is 0.247 e. The summed E-state index contributed by atoms with van der Waals surface area (Å²) in [7, 11) is 0. The molecule has 12 heterocycles. The Morgan fingerprint density at radius 2 is 0.643 bits per heavy atom. The third-order valence-corrected chi connectivity index (χ3v) is 26.9. The molecule has 4 saturated heterocycles. The van der Waals surface area contributed by atoms with E-state index in [0.29, 0.717) is 48.8 Å². The first-order valence-corrected chi connectivity index (χ1v) is 47.9. The van der Waals surface area contributed by atoms with E-state index in [-0.39, 0.29) is 68.2 Å². The van der Waals surface area contributed by atoms with Gasteiger partial charge in [0, 0.05) is 172 Å². The topological polar surface area (TPSA) is 379 Å². The molecule has 16 rings (SSSR count). The van der Waals surface area contributed by atoms with Crippen LogP contribution in [0.2, 0.25) is 0 Å². The molecule has 12 N–H and O–H groups in total. The Balaban J connectivity index is 0.000000147.